The van der Waals surface area contributed by atoms with E-state index in [0.29, 0.717) is 0 Å². The highest BCUT2D eigenvalue weighted by atomic mass is 79.9. The summed E-state index contributed by atoms with van der Waals surface area (Å²) in [5, 5.41) is 7.10. The fourth-order valence-electron chi connectivity index (χ4n) is 5.34. The first-order valence-electron chi connectivity index (χ1n) is 12.0. The van der Waals surface area contributed by atoms with Crippen LogP contribution in [0, 0.1) is 0 Å². The summed E-state index contributed by atoms with van der Waals surface area (Å²) in [6.07, 6.45) is 0. The highest BCUT2D eigenvalue weighted by molar-refractivity contribution is 9.10. The average molecular weight is 593 g/mol. The molecule has 0 N–H and O–H groups in total. The van der Waals surface area contributed by atoms with Crippen LogP contribution in [0.15, 0.2) is 112 Å². The summed E-state index contributed by atoms with van der Waals surface area (Å²) in [4.78, 5) is 0. The van der Waals surface area contributed by atoms with E-state index in [-0.39, 0.29) is 0 Å². The van der Waals surface area contributed by atoms with E-state index < -0.39 is 0 Å². The molecule has 0 amide bonds. The van der Waals surface area contributed by atoms with Gasteiger partial charge in [-0.15, -0.1) is 34.0 Å². The van der Waals surface area contributed by atoms with Crippen LogP contribution in [-0.4, -0.2) is 4.57 Å². The van der Waals surface area contributed by atoms with Crippen molar-refractivity contribution in [2.75, 3.05) is 0 Å². The summed E-state index contributed by atoms with van der Waals surface area (Å²) in [6.45, 7) is 0. The Labute approximate surface area is 234 Å². The molecule has 8 rings (SSSR count). The van der Waals surface area contributed by atoms with Gasteiger partial charge in [0.1, 0.15) is 0 Å². The third-order valence-electron chi connectivity index (χ3n) is 7.06. The summed E-state index contributed by atoms with van der Waals surface area (Å²) in [5.74, 6) is 0. The summed E-state index contributed by atoms with van der Waals surface area (Å²) in [7, 11) is 0. The minimum atomic E-state index is 1.18. The van der Waals surface area contributed by atoms with Crippen LogP contribution in [0.2, 0.25) is 0 Å². The summed E-state index contributed by atoms with van der Waals surface area (Å²) < 4.78 is 9.17. The Morgan fingerprint density at radius 3 is 1.92 bits per heavy atom. The lowest BCUT2D eigenvalue weighted by molar-refractivity contribution is 1.18. The molecule has 0 unspecified atom stereocenters. The van der Waals surface area contributed by atoms with Gasteiger partial charge >= 0.3 is 0 Å². The second-order valence-corrected chi connectivity index (χ2v) is 12.8. The van der Waals surface area contributed by atoms with Crippen LogP contribution in [0.1, 0.15) is 0 Å². The van der Waals surface area contributed by atoms with E-state index >= 15 is 0 Å². The maximum atomic E-state index is 3.74. The minimum absolute atomic E-state index is 1.18. The van der Waals surface area contributed by atoms with Crippen LogP contribution >= 0.6 is 49.9 Å². The van der Waals surface area contributed by atoms with Crippen molar-refractivity contribution >= 4 is 90.5 Å². The van der Waals surface area contributed by atoms with Gasteiger partial charge in [0.05, 0.1) is 29.8 Å². The molecule has 8 aromatic rings. The Kier molecular flexibility index (Phi) is 4.96. The van der Waals surface area contributed by atoms with Crippen LogP contribution in [0.25, 0.3) is 68.5 Å². The third-order valence-corrected chi connectivity index (χ3v) is 11.9. The van der Waals surface area contributed by atoms with Crippen molar-refractivity contribution in [1.29, 1.82) is 0 Å². The van der Waals surface area contributed by atoms with Gasteiger partial charge in [-0.3, -0.25) is 0 Å². The summed E-state index contributed by atoms with van der Waals surface area (Å²) in [6, 6.07) is 35.2. The molecule has 0 aliphatic heterocycles. The van der Waals surface area contributed by atoms with Crippen molar-refractivity contribution in [3.63, 3.8) is 0 Å². The Morgan fingerprint density at radius 1 is 0.541 bits per heavy atom. The number of thiophene rings is 3. The molecule has 0 aliphatic rings. The van der Waals surface area contributed by atoms with Crippen molar-refractivity contribution < 1.29 is 0 Å². The van der Waals surface area contributed by atoms with Gasteiger partial charge in [0.25, 0.3) is 0 Å². The number of rotatable bonds is 3. The van der Waals surface area contributed by atoms with Crippen LogP contribution in [0.5, 0.6) is 0 Å². The Bertz CT molecular complexity index is 2090. The average Bonchev–Trinajstić information content (AvgIpc) is 3.69. The molecule has 4 aromatic carbocycles. The molecule has 1 nitrogen and oxygen atoms in total. The summed E-state index contributed by atoms with van der Waals surface area (Å²) >= 11 is 9.34. The lowest BCUT2D eigenvalue weighted by Gasteiger charge is -2.08. The van der Waals surface area contributed by atoms with E-state index in [1.165, 1.54) is 73.0 Å². The molecule has 37 heavy (non-hydrogen) atoms. The maximum absolute atomic E-state index is 3.74. The second kappa shape index (κ2) is 8.40. The van der Waals surface area contributed by atoms with Crippen LogP contribution in [0.4, 0.5) is 0 Å². The Balaban J connectivity index is 1.41. The molecule has 5 heteroatoms. The molecular weight excluding hydrogens is 574 g/mol. The molecule has 0 spiro atoms. The number of hydrogen-bond acceptors (Lipinski definition) is 3. The van der Waals surface area contributed by atoms with Crippen molar-refractivity contribution in [2.24, 2.45) is 0 Å². The van der Waals surface area contributed by atoms with E-state index in [2.05, 4.69) is 128 Å². The maximum Gasteiger partial charge on any atom is 0.0641 e. The number of nitrogens with zero attached hydrogens (tertiary/aromatic N) is 1. The van der Waals surface area contributed by atoms with Crippen LogP contribution in [0.3, 0.4) is 0 Å². The normalized spacial score (nSPS) is 11.9. The molecule has 4 aromatic heterocycles. The fourth-order valence-corrected chi connectivity index (χ4v) is 10.0. The van der Waals surface area contributed by atoms with Crippen molar-refractivity contribution in [2.45, 2.75) is 0 Å². The molecule has 176 valence electrons. The van der Waals surface area contributed by atoms with Gasteiger partial charge < -0.3 is 4.57 Å². The van der Waals surface area contributed by atoms with Crippen molar-refractivity contribution in [1.82, 2.24) is 4.57 Å². The molecular formula is C32H18BrNS3. The molecule has 0 saturated carbocycles. The zero-order valence-corrected chi connectivity index (χ0v) is 23.5. The first-order valence-corrected chi connectivity index (χ1v) is 15.4. The number of fused-ring (bicyclic) bond motifs is 6. The van der Waals surface area contributed by atoms with E-state index in [1.807, 2.05) is 34.0 Å². The standard InChI is InChI=1S/C32H18BrNS3/c33-26-18-36-32-30(26)37-29-25(17-35-31(29)32)21-12-14-28-24(16-21)23-15-20(19-7-3-1-4-8-19)11-13-27(23)34(28)22-9-5-2-6-10-22/h1-18H. The highest BCUT2D eigenvalue weighted by Gasteiger charge is 2.18. The van der Waals surface area contributed by atoms with E-state index in [9.17, 15) is 0 Å². The van der Waals surface area contributed by atoms with Gasteiger partial charge in [0, 0.05) is 37.3 Å². The Morgan fingerprint density at radius 2 is 1.16 bits per heavy atom. The minimum Gasteiger partial charge on any atom is -0.309 e. The first kappa shape index (κ1) is 21.8. The lowest BCUT2D eigenvalue weighted by atomic mass is 10.0. The number of hydrogen-bond donors (Lipinski definition) is 0. The van der Waals surface area contributed by atoms with Crippen LogP contribution < -0.4 is 0 Å². The molecule has 0 bridgehead atoms. The lowest BCUT2D eigenvalue weighted by Crippen LogP contribution is -1.93. The number of benzene rings is 4. The van der Waals surface area contributed by atoms with Gasteiger partial charge in [0.15, 0.2) is 0 Å². The third kappa shape index (κ3) is 3.32. The highest BCUT2D eigenvalue weighted by Crippen LogP contribution is 2.49. The smallest absolute Gasteiger partial charge is 0.0641 e. The quantitative estimate of drug-likeness (QED) is 0.192. The zero-order valence-electron chi connectivity index (χ0n) is 19.4. The molecule has 0 aliphatic carbocycles. The number of halogens is 1. The van der Waals surface area contributed by atoms with Gasteiger partial charge in [-0.25, -0.2) is 0 Å². The molecule has 0 fully saturated rings. The summed E-state index contributed by atoms with van der Waals surface area (Å²) in [5.41, 5.74) is 8.74. The topological polar surface area (TPSA) is 4.93 Å². The zero-order chi connectivity index (χ0) is 24.5. The second-order valence-electron chi connectivity index (χ2n) is 9.15. The molecule has 4 heterocycles. The van der Waals surface area contributed by atoms with E-state index in [4.69, 9.17) is 0 Å². The van der Waals surface area contributed by atoms with Gasteiger partial charge in [-0.1, -0.05) is 60.7 Å². The Hall–Kier alpha value is -3.22. The van der Waals surface area contributed by atoms with Gasteiger partial charge in [-0.2, -0.15) is 0 Å². The number of para-hydroxylation sites is 1. The van der Waals surface area contributed by atoms with Gasteiger partial charge in [0.2, 0.25) is 0 Å². The van der Waals surface area contributed by atoms with Crippen molar-refractivity contribution in [3.05, 3.63) is 112 Å². The predicted octanol–water partition coefficient (Wildman–Crippen LogP) is 11.4. The SMILES string of the molecule is Brc1csc2c1sc1c(-c3ccc4c(c3)c3cc(-c5ccccc5)ccc3n4-c3ccccc3)csc12. The monoisotopic (exact) mass is 591 g/mol. The fraction of sp³-hybridized carbons (Fsp3) is 0. The van der Waals surface area contributed by atoms with E-state index in [0.717, 1.165) is 0 Å². The predicted molar refractivity (Wildman–Crippen MR) is 168 cm³/mol. The first-order chi connectivity index (χ1) is 18.3. The van der Waals surface area contributed by atoms with Crippen LogP contribution in [-0.2, 0) is 0 Å². The van der Waals surface area contributed by atoms with Crippen molar-refractivity contribution in [3.8, 4) is 27.9 Å². The number of aromatic nitrogens is 1. The van der Waals surface area contributed by atoms with E-state index in [1.54, 1.807) is 0 Å². The molecule has 0 saturated heterocycles. The largest absolute Gasteiger partial charge is 0.309 e. The van der Waals surface area contributed by atoms with Gasteiger partial charge in [-0.05, 0) is 69.0 Å². The molecule has 0 atom stereocenters. The molecule has 0 radical (unpaired) electrons.